The van der Waals surface area contributed by atoms with Crippen LogP contribution in [0.3, 0.4) is 0 Å². The second kappa shape index (κ2) is 5.34. The molecule has 1 atom stereocenters. The van der Waals surface area contributed by atoms with Gasteiger partial charge in [-0.3, -0.25) is 10.1 Å². The Morgan fingerprint density at radius 3 is 2.56 bits per heavy atom. The molecule has 0 aliphatic rings. The minimum atomic E-state index is -0.638. The van der Waals surface area contributed by atoms with Crippen molar-refractivity contribution < 1.29 is 14.4 Å². The average Bonchev–Trinajstić information content (AvgIpc) is 2.28. The highest BCUT2D eigenvalue weighted by atomic mass is 16.6. The number of nitrogens with zero attached hydrogens (tertiary/aromatic N) is 1. The lowest BCUT2D eigenvalue weighted by Gasteiger charge is -2.12. The smallest absolute Gasteiger partial charge is 0.214 e. The topological polar surface area (TPSA) is 61.6 Å². The third kappa shape index (κ3) is 2.62. The zero-order chi connectivity index (χ0) is 12.1. The van der Waals surface area contributed by atoms with Crippen LogP contribution in [-0.4, -0.2) is 25.2 Å². The lowest BCUT2D eigenvalue weighted by Crippen LogP contribution is -2.18. The SMILES string of the molecule is COc1cccc(CC(C)[N+](=O)[O-])c1OC. The van der Waals surface area contributed by atoms with Gasteiger partial charge in [-0.2, -0.15) is 0 Å². The number of rotatable bonds is 5. The van der Waals surface area contributed by atoms with Crippen LogP contribution < -0.4 is 9.47 Å². The van der Waals surface area contributed by atoms with Crippen LogP contribution in [0.4, 0.5) is 0 Å². The molecule has 0 saturated heterocycles. The number of nitro groups is 1. The molecule has 1 unspecified atom stereocenters. The van der Waals surface area contributed by atoms with Crippen molar-refractivity contribution >= 4 is 0 Å². The van der Waals surface area contributed by atoms with Gasteiger partial charge in [-0.15, -0.1) is 0 Å². The number of benzene rings is 1. The molecule has 0 bridgehead atoms. The van der Waals surface area contributed by atoms with E-state index >= 15 is 0 Å². The van der Waals surface area contributed by atoms with Gasteiger partial charge in [0.25, 0.3) is 0 Å². The number of hydrogen-bond acceptors (Lipinski definition) is 4. The van der Waals surface area contributed by atoms with Crippen LogP contribution in [0.15, 0.2) is 18.2 Å². The van der Waals surface area contributed by atoms with E-state index in [-0.39, 0.29) is 4.92 Å². The Balaban J connectivity index is 2.99. The van der Waals surface area contributed by atoms with Gasteiger partial charge in [0, 0.05) is 23.8 Å². The average molecular weight is 225 g/mol. The Labute approximate surface area is 94.1 Å². The molecule has 1 rings (SSSR count). The van der Waals surface area contributed by atoms with Gasteiger partial charge in [-0.05, 0) is 6.07 Å². The standard InChI is InChI=1S/C11H15NO4/c1-8(12(13)14)7-9-5-4-6-10(15-2)11(9)16-3/h4-6,8H,7H2,1-3H3. The van der Waals surface area contributed by atoms with Crippen molar-refractivity contribution in [1.82, 2.24) is 0 Å². The molecule has 0 amide bonds. The molecule has 88 valence electrons. The zero-order valence-electron chi connectivity index (χ0n) is 9.60. The molecule has 0 aliphatic carbocycles. The van der Waals surface area contributed by atoms with E-state index in [1.165, 1.54) is 7.11 Å². The molecular weight excluding hydrogens is 210 g/mol. The molecule has 0 heterocycles. The van der Waals surface area contributed by atoms with Crippen LogP contribution in [0.25, 0.3) is 0 Å². The van der Waals surface area contributed by atoms with Crippen molar-refractivity contribution in [2.24, 2.45) is 0 Å². The fourth-order valence-corrected chi connectivity index (χ4v) is 1.51. The Bertz CT molecular complexity index is 378. The van der Waals surface area contributed by atoms with Gasteiger partial charge in [0.15, 0.2) is 11.5 Å². The maximum Gasteiger partial charge on any atom is 0.214 e. The zero-order valence-corrected chi connectivity index (χ0v) is 9.60. The van der Waals surface area contributed by atoms with E-state index in [2.05, 4.69) is 0 Å². The molecule has 1 aromatic carbocycles. The third-order valence-electron chi connectivity index (χ3n) is 2.36. The summed E-state index contributed by atoms with van der Waals surface area (Å²) in [6.45, 7) is 1.57. The van der Waals surface area contributed by atoms with E-state index in [4.69, 9.17) is 9.47 Å². The Morgan fingerprint density at radius 1 is 1.38 bits per heavy atom. The number of ether oxygens (including phenoxy) is 2. The van der Waals surface area contributed by atoms with Crippen LogP contribution in [0.5, 0.6) is 11.5 Å². The molecule has 5 nitrogen and oxygen atoms in total. The highest BCUT2D eigenvalue weighted by Gasteiger charge is 2.18. The summed E-state index contributed by atoms with van der Waals surface area (Å²) in [6.07, 6.45) is 0.327. The highest BCUT2D eigenvalue weighted by Crippen LogP contribution is 2.31. The van der Waals surface area contributed by atoms with Crippen molar-refractivity contribution in [2.45, 2.75) is 19.4 Å². The van der Waals surface area contributed by atoms with Gasteiger partial charge in [0.1, 0.15) is 0 Å². The quantitative estimate of drug-likeness (QED) is 0.567. The van der Waals surface area contributed by atoms with Gasteiger partial charge >= 0.3 is 0 Å². The highest BCUT2D eigenvalue weighted by molar-refractivity contribution is 5.46. The molecule has 5 heteroatoms. The number of hydrogen-bond donors (Lipinski definition) is 0. The molecule has 0 saturated carbocycles. The first-order valence-electron chi connectivity index (χ1n) is 4.93. The number of methoxy groups -OCH3 is 2. The van der Waals surface area contributed by atoms with Crippen molar-refractivity contribution in [1.29, 1.82) is 0 Å². The summed E-state index contributed by atoms with van der Waals surface area (Å²) in [4.78, 5) is 10.3. The first-order chi connectivity index (χ1) is 7.60. The van der Waals surface area contributed by atoms with Crippen LogP contribution >= 0.6 is 0 Å². The van der Waals surface area contributed by atoms with Crippen molar-refractivity contribution in [3.8, 4) is 11.5 Å². The third-order valence-corrected chi connectivity index (χ3v) is 2.36. The predicted molar refractivity (Wildman–Crippen MR) is 59.7 cm³/mol. The Morgan fingerprint density at radius 2 is 2.06 bits per heavy atom. The largest absolute Gasteiger partial charge is 0.493 e. The fraction of sp³-hybridized carbons (Fsp3) is 0.455. The maximum atomic E-state index is 10.6. The number of para-hydroxylation sites is 1. The minimum absolute atomic E-state index is 0.307. The summed E-state index contributed by atoms with van der Waals surface area (Å²) in [5.74, 6) is 1.16. The summed E-state index contributed by atoms with van der Waals surface area (Å²) in [5.41, 5.74) is 0.783. The van der Waals surface area contributed by atoms with E-state index in [0.717, 1.165) is 5.56 Å². The van der Waals surface area contributed by atoms with Gasteiger partial charge in [-0.25, -0.2) is 0 Å². The summed E-state index contributed by atoms with van der Waals surface area (Å²) >= 11 is 0. The second-order valence-corrected chi connectivity index (χ2v) is 3.49. The maximum absolute atomic E-state index is 10.6. The summed E-state index contributed by atoms with van der Waals surface area (Å²) in [5, 5.41) is 10.6. The molecule has 0 fully saturated rings. The lowest BCUT2D eigenvalue weighted by molar-refractivity contribution is -0.517. The molecule has 1 aromatic rings. The van der Waals surface area contributed by atoms with Gasteiger partial charge in [-0.1, -0.05) is 12.1 Å². The van der Waals surface area contributed by atoms with Crippen LogP contribution in [-0.2, 0) is 6.42 Å². The Hall–Kier alpha value is -1.78. The fourth-order valence-electron chi connectivity index (χ4n) is 1.51. The van der Waals surface area contributed by atoms with Crippen molar-refractivity contribution in [2.75, 3.05) is 14.2 Å². The Kier molecular flexibility index (Phi) is 4.10. The van der Waals surface area contributed by atoms with Crippen LogP contribution in [0.1, 0.15) is 12.5 Å². The van der Waals surface area contributed by atoms with E-state index < -0.39 is 6.04 Å². The van der Waals surface area contributed by atoms with E-state index in [9.17, 15) is 10.1 Å². The molecule has 0 N–H and O–H groups in total. The van der Waals surface area contributed by atoms with Gasteiger partial charge in [0.05, 0.1) is 14.2 Å². The molecule has 0 spiro atoms. The summed E-state index contributed by atoms with van der Waals surface area (Å²) < 4.78 is 10.3. The normalized spacial score (nSPS) is 11.9. The van der Waals surface area contributed by atoms with Crippen LogP contribution in [0, 0.1) is 10.1 Å². The molecule has 0 radical (unpaired) electrons. The van der Waals surface area contributed by atoms with Crippen molar-refractivity contribution in [3.63, 3.8) is 0 Å². The minimum Gasteiger partial charge on any atom is -0.493 e. The molecule has 0 aliphatic heterocycles. The van der Waals surface area contributed by atoms with Gasteiger partial charge in [0.2, 0.25) is 6.04 Å². The summed E-state index contributed by atoms with van der Waals surface area (Å²) in [6, 6.07) is 4.73. The van der Waals surface area contributed by atoms with Crippen LogP contribution in [0.2, 0.25) is 0 Å². The predicted octanol–water partition coefficient (Wildman–Crippen LogP) is 1.91. The summed E-state index contributed by atoms with van der Waals surface area (Å²) in [7, 11) is 3.07. The molecule has 0 aromatic heterocycles. The second-order valence-electron chi connectivity index (χ2n) is 3.49. The van der Waals surface area contributed by atoms with Gasteiger partial charge < -0.3 is 9.47 Å². The molecular formula is C11H15NO4. The lowest BCUT2D eigenvalue weighted by atomic mass is 10.1. The molecule has 16 heavy (non-hydrogen) atoms. The van der Waals surface area contributed by atoms with E-state index in [1.807, 2.05) is 0 Å². The van der Waals surface area contributed by atoms with E-state index in [1.54, 1.807) is 32.2 Å². The first-order valence-corrected chi connectivity index (χ1v) is 4.93. The first kappa shape index (κ1) is 12.3. The van der Waals surface area contributed by atoms with E-state index in [0.29, 0.717) is 17.9 Å². The monoisotopic (exact) mass is 225 g/mol. The van der Waals surface area contributed by atoms with Crippen molar-refractivity contribution in [3.05, 3.63) is 33.9 Å².